The van der Waals surface area contributed by atoms with E-state index in [1.807, 2.05) is 12.1 Å². The number of hydrogen-bond donors (Lipinski definition) is 1. The van der Waals surface area contributed by atoms with Crippen LogP contribution < -0.4 is 0 Å². The average Bonchev–Trinajstić information content (AvgIpc) is 2.56. The lowest BCUT2D eigenvalue weighted by Crippen LogP contribution is -1.89. The molecule has 15 heavy (non-hydrogen) atoms. The number of aromatic nitrogens is 1. The molecule has 0 amide bonds. The molecule has 0 saturated carbocycles. The SMILES string of the molecule is Cc1ccc(Cc2ccc3ooc3c2)[nH]1. The highest BCUT2D eigenvalue weighted by Gasteiger charge is 2.06. The van der Waals surface area contributed by atoms with Gasteiger partial charge in [-0.05, 0) is 36.8 Å². The van der Waals surface area contributed by atoms with Gasteiger partial charge < -0.3 is 4.98 Å². The zero-order valence-electron chi connectivity index (χ0n) is 8.41. The van der Waals surface area contributed by atoms with E-state index < -0.39 is 0 Å². The van der Waals surface area contributed by atoms with Gasteiger partial charge in [0, 0.05) is 17.8 Å². The van der Waals surface area contributed by atoms with Crippen LogP contribution in [-0.4, -0.2) is 4.98 Å². The number of rotatable bonds is 2. The van der Waals surface area contributed by atoms with Crippen molar-refractivity contribution in [2.45, 2.75) is 13.3 Å². The molecular weight excluding hydrogens is 190 g/mol. The van der Waals surface area contributed by atoms with E-state index >= 15 is 0 Å². The van der Waals surface area contributed by atoms with Crippen LogP contribution in [0.5, 0.6) is 0 Å². The molecule has 0 bridgehead atoms. The zero-order valence-corrected chi connectivity index (χ0v) is 8.41. The molecule has 0 aliphatic carbocycles. The summed E-state index contributed by atoms with van der Waals surface area (Å²) in [4.78, 5) is 3.30. The molecule has 1 aromatic carbocycles. The van der Waals surface area contributed by atoms with E-state index in [9.17, 15) is 0 Å². The Morgan fingerprint density at radius 1 is 1.07 bits per heavy atom. The number of H-pyrrole nitrogens is 1. The lowest BCUT2D eigenvalue weighted by molar-refractivity contribution is 0.0588. The number of aromatic amines is 1. The van der Waals surface area contributed by atoms with Gasteiger partial charge in [-0.2, -0.15) is 0 Å². The van der Waals surface area contributed by atoms with Crippen molar-refractivity contribution in [3.8, 4) is 0 Å². The van der Waals surface area contributed by atoms with Crippen LogP contribution in [-0.2, 0) is 6.42 Å². The van der Waals surface area contributed by atoms with Crippen molar-refractivity contribution in [2.24, 2.45) is 0 Å². The number of nitrogens with one attached hydrogen (secondary N) is 1. The Balaban J connectivity index is 1.89. The third-order valence-electron chi connectivity index (χ3n) is 2.52. The third kappa shape index (κ3) is 1.46. The van der Waals surface area contributed by atoms with Gasteiger partial charge in [0.1, 0.15) is 0 Å². The summed E-state index contributed by atoms with van der Waals surface area (Å²) in [5.41, 5.74) is 5.28. The van der Waals surface area contributed by atoms with E-state index in [-0.39, 0.29) is 0 Å². The summed E-state index contributed by atoms with van der Waals surface area (Å²) < 4.78 is 9.63. The van der Waals surface area contributed by atoms with E-state index in [2.05, 4.69) is 30.1 Å². The maximum Gasteiger partial charge on any atom is 0.225 e. The lowest BCUT2D eigenvalue weighted by atomic mass is 10.1. The van der Waals surface area contributed by atoms with Crippen molar-refractivity contribution in [2.75, 3.05) is 0 Å². The fourth-order valence-electron chi connectivity index (χ4n) is 1.74. The van der Waals surface area contributed by atoms with Crippen molar-refractivity contribution in [1.82, 2.24) is 4.98 Å². The number of benzene rings is 1. The van der Waals surface area contributed by atoms with Gasteiger partial charge in [0.15, 0.2) is 0 Å². The molecule has 0 spiro atoms. The van der Waals surface area contributed by atoms with Crippen LogP contribution in [0.15, 0.2) is 39.5 Å². The number of hydrogen-bond acceptors (Lipinski definition) is 2. The first-order chi connectivity index (χ1) is 7.31. The predicted octanol–water partition coefficient (Wildman–Crippen LogP) is 3.25. The lowest BCUT2D eigenvalue weighted by Gasteiger charge is -2.02. The van der Waals surface area contributed by atoms with Gasteiger partial charge in [-0.25, -0.2) is 0 Å². The Hall–Kier alpha value is -1.90. The third-order valence-corrected chi connectivity index (χ3v) is 2.52. The van der Waals surface area contributed by atoms with Crippen LogP contribution in [0.3, 0.4) is 0 Å². The second-order valence-electron chi connectivity index (χ2n) is 3.79. The Morgan fingerprint density at radius 3 is 2.53 bits per heavy atom. The first-order valence-corrected chi connectivity index (χ1v) is 4.93. The monoisotopic (exact) mass is 201 g/mol. The summed E-state index contributed by atoms with van der Waals surface area (Å²) in [6.07, 6.45) is 0.893. The quantitative estimate of drug-likeness (QED) is 0.646. The molecule has 3 nitrogen and oxygen atoms in total. The van der Waals surface area contributed by atoms with Crippen LogP contribution in [0, 0.1) is 6.92 Å². The Bertz CT molecular complexity index is 585. The van der Waals surface area contributed by atoms with Gasteiger partial charge >= 0.3 is 0 Å². The molecule has 0 unspecified atom stereocenters. The van der Waals surface area contributed by atoms with Crippen LogP contribution in [0.25, 0.3) is 11.2 Å². The summed E-state index contributed by atoms with van der Waals surface area (Å²) >= 11 is 0. The summed E-state index contributed by atoms with van der Waals surface area (Å²) in [6, 6.07) is 10.2. The van der Waals surface area contributed by atoms with Crippen molar-refractivity contribution in [3.05, 3.63) is 47.3 Å². The molecule has 0 atom stereocenters. The van der Waals surface area contributed by atoms with E-state index in [0.29, 0.717) is 0 Å². The summed E-state index contributed by atoms with van der Waals surface area (Å²) in [5.74, 6) is 0. The van der Waals surface area contributed by atoms with Crippen LogP contribution in [0.1, 0.15) is 17.0 Å². The molecule has 0 radical (unpaired) electrons. The first-order valence-electron chi connectivity index (χ1n) is 4.93. The second-order valence-corrected chi connectivity index (χ2v) is 3.79. The highest BCUT2D eigenvalue weighted by atomic mass is 17.0. The van der Waals surface area contributed by atoms with Gasteiger partial charge in [0.25, 0.3) is 0 Å². The second kappa shape index (κ2) is 3.05. The van der Waals surface area contributed by atoms with E-state index in [0.717, 1.165) is 17.6 Å². The van der Waals surface area contributed by atoms with Crippen molar-refractivity contribution >= 4 is 11.2 Å². The number of fused-ring (bicyclic) bond motifs is 1. The Kier molecular flexibility index (Phi) is 1.71. The van der Waals surface area contributed by atoms with Crippen molar-refractivity contribution in [3.63, 3.8) is 0 Å². The fourth-order valence-corrected chi connectivity index (χ4v) is 1.74. The van der Waals surface area contributed by atoms with E-state index in [1.54, 1.807) is 0 Å². The molecular formula is C12H11NO2. The predicted molar refractivity (Wildman–Crippen MR) is 56.8 cm³/mol. The minimum absolute atomic E-state index is 0.821. The first kappa shape index (κ1) is 8.41. The van der Waals surface area contributed by atoms with Crippen molar-refractivity contribution in [1.29, 1.82) is 0 Å². The topological polar surface area (TPSA) is 42.1 Å². The molecule has 2 aromatic heterocycles. The van der Waals surface area contributed by atoms with Crippen molar-refractivity contribution < 1.29 is 9.15 Å². The molecule has 0 saturated heterocycles. The minimum atomic E-state index is 0.821. The highest BCUT2D eigenvalue weighted by Crippen LogP contribution is 2.20. The van der Waals surface area contributed by atoms with Gasteiger partial charge in [0.2, 0.25) is 11.2 Å². The highest BCUT2D eigenvalue weighted by molar-refractivity contribution is 5.71. The van der Waals surface area contributed by atoms with Crippen LogP contribution in [0.2, 0.25) is 0 Å². The summed E-state index contributed by atoms with van der Waals surface area (Å²) in [7, 11) is 0. The molecule has 76 valence electrons. The summed E-state index contributed by atoms with van der Waals surface area (Å²) in [6.45, 7) is 2.05. The fraction of sp³-hybridized carbons (Fsp3) is 0.167. The molecule has 0 fully saturated rings. The molecule has 3 rings (SSSR count). The van der Waals surface area contributed by atoms with E-state index in [1.165, 1.54) is 17.0 Å². The maximum absolute atomic E-state index is 4.85. The van der Waals surface area contributed by atoms with Gasteiger partial charge in [0.05, 0.1) is 0 Å². The Labute approximate surface area is 86.6 Å². The molecule has 3 heteroatoms. The molecule has 3 aromatic rings. The molecule has 0 aliphatic rings. The Morgan fingerprint density at radius 2 is 1.93 bits per heavy atom. The van der Waals surface area contributed by atoms with E-state index in [4.69, 9.17) is 9.15 Å². The number of aryl methyl sites for hydroxylation is 1. The standard InChI is InChI=1S/C12H11NO2/c1-8-2-4-10(13-8)6-9-3-5-11-12(7-9)15-14-11/h2-5,7,13H,6H2,1H3. The van der Waals surface area contributed by atoms with Crippen LogP contribution >= 0.6 is 0 Å². The minimum Gasteiger partial charge on any atom is -0.362 e. The van der Waals surface area contributed by atoms with Gasteiger partial charge in [-0.15, -0.1) is 0 Å². The molecule has 1 N–H and O–H groups in total. The molecule has 2 heterocycles. The normalized spacial score (nSPS) is 11.3. The average molecular weight is 201 g/mol. The van der Waals surface area contributed by atoms with Gasteiger partial charge in [-0.1, -0.05) is 6.07 Å². The largest absolute Gasteiger partial charge is 0.362 e. The smallest absolute Gasteiger partial charge is 0.225 e. The summed E-state index contributed by atoms with van der Waals surface area (Å²) in [5, 5.41) is 0. The van der Waals surface area contributed by atoms with Crippen LogP contribution in [0.4, 0.5) is 0 Å². The van der Waals surface area contributed by atoms with Gasteiger partial charge in [-0.3, -0.25) is 9.15 Å². The molecule has 0 aliphatic heterocycles. The zero-order chi connectivity index (χ0) is 10.3. The maximum atomic E-state index is 4.85.